The lowest BCUT2D eigenvalue weighted by Crippen LogP contribution is -2.38. The fourth-order valence-electron chi connectivity index (χ4n) is 3.89. The molecule has 2 aliphatic rings. The summed E-state index contributed by atoms with van der Waals surface area (Å²) < 4.78 is 31.6. The molecule has 2 aliphatic heterocycles. The Balaban J connectivity index is 1.51. The molecule has 142 valence electrons. The van der Waals surface area contributed by atoms with Gasteiger partial charge in [0.05, 0.1) is 18.6 Å². The molecule has 7 nitrogen and oxygen atoms in total. The molecule has 0 radical (unpaired) electrons. The van der Waals surface area contributed by atoms with Gasteiger partial charge in [0, 0.05) is 30.9 Å². The number of pyridine rings is 1. The van der Waals surface area contributed by atoms with Crippen LogP contribution in [0.3, 0.4) is 0 Å². The van der Waals surface area contributed by atoms with Crippen LogP contribution in [0, 0.1) is 0 Å². The van der Waals surface area contributed by atoms with Crippen LogP contribution in [0.25, 0.3) is 0 Å². The zero-order chi connectivity index (χ0) is 19.1. The van der Waals surface area contributed by atoms with Gasteiger partial charge in [-0.3, -0.25) is 14.1 Å². The van der Waals surface area contributed by atoms with Crippen molar-refractivity contribution in [3.05, 3.63) is 59.9 Å². The molecule has 0 saturated carbocycles. The highest BCUT2D eigenvalue weighted by molar-refractivity contribution is 7.92. The van der Waals surface area contributed by atoms with E-state index in [-0.39, 0.29) is 5.91 Å². The SMILES string of the molecule is CS(=O)(=O)N1C[C@@]2(CO[C@H](C(=O)NCc3cccnc3)C2)c2ccccc21. The third-order valence-corrected chi connectivity index (χ3v) is 6.34. The van der Waals surface area contributed by atoms with Crippen LogP contribution in [0.1, 0.15) is 17.5 Å². The third kappa shape index (κ3) is 3.30. The van der Waals surface area contributed by atoms with Crippen LogP contribution in [0.5, 0.6) is 0 Å². The minimum absolute atomic E-state index is 0.189. The first kappa shape index (κ1) is 17.9. The largest absolute Gasteiger partial charge is 0.367 e. The van der Waals surface area contributed by atoms with Crippen molar-refractivity contribution in [3.63, 3.8) is 0 Å². The summed E-state index contributed by atoms with van der Waals surface area (Å²) in [5, 5.41) is 2.88. The van der Waals surface area contributed by atoms with Crippen molar-refractivity contribution >= 4 is 21.6 Å². The van der Waals surface area contributed by atoms with Crippen molar-refractivity contribution in [1.29, 1.82) is 0 Å². The van der Waals surface area contributed by atoms with Crippen LogP contribution in [-0.4, -0.2) is 44.8 Å². The van der Waals surface area contributed by atoms with E-state index in [2.05, 4.69) is 10.3 Å². The summed E-state index contributed by atoms with van der Waals surface area (Å²) in [4.78, 5) is 16.6. The Bertz CT molecular complexity index is 964. The molecular weight excluding hydrogens is 366 g/mol. The van der Waals surface area contributed by atoms with Crippen LogP contribution in [-0.2, 0) is 31.5 Å². The molecule has 1 fully saturated rings. The lowest BCUT2D eigenvalue weighted by Gasteiger charge is -2.23. The molecule has 0 aliphatic carbocycles. The van der Waals surface area contributed by atoms with E-state index < -0.39 is 21.5 Å². The number of hydrogen-bond donors (Lipinski definition) is 1. The van der Waals surface area contributed by atoms with Crippen molar-refractivity contribution < 1.29 is 17.9 Å². The smallest absolute Gasteiger partial charge is 0.249 e. The number of sulfonamides is 1. The Morgan fingerprint density at radius 1 is 1.33 bits per heavy atom. The van der Waals surface area contributed by atoms with Crippen LogP contribution in [0.2, 0.25) is 0 Å². The molecule has 2 aromatic rings. The normalized spacial score (nSPS) is 24.2. The Kier molecular flexibility index (Phi) is 4.39. The Labute approximate surface area is 158 Å². The third-order valence-electron chi connectivity index (χ3n) is 5.21. The second kappa shape index (κ2) is 6.61. The molecule has 2 atom stereocenters. The summed E-state index contributed by atoms with van der Waals surface area (Å²) in [5.41, 5.74) is 2.03. The molecule has 4 rings (SSSR count). The molecule has 1 saturated heterocycles. The maximum absolute atomic E-state index is 12.6. The molecule has 1 aromatic carbocycles. The summed E-state index contributed by atoms with van der Waals surface area (Å²) in [5.74, 6) is -0.189. The second-order valence-corrected chi connectivity index (χ2v) is 9.06. The molecule has 1 amide bonds. The van der Waals surface area contributed by atoms with Crippen LogP contribution in [0.15, 0.2) is 48.8 Å². The zero-order valence-electron chi connectivity index (χ0n) is 15.0. The van der Waals surface area contributed by atoms with Gasteiger partial charge in [-0.2, -0.15) is 0 Å². The van der Waals surface area contributed by atoms with Gasteiger partial charge in [-0.05, 0) is 29.7 Å². The summed E-state index contributed by atoms with van der Waals surface area (Å²) in [6, 6.07) is 11.2. The Morgan fingerprint density at radius 3 is 2.89 bits per heavy atom. The van der Waals surface area contributed by atoms with Gasteiger partial charge in [-0.1, -0.05) is 24.3 Å². The zero-order valence-corrected chi connectivity index (χ0v) is 15.8. The van der Waals surface area contributed by atoms with Gasteiger partial charge in [-0.15, -0.1) is 0 Å². The van der Waals surface area contributed by atoms with E-state index >= 15 is 0 Å². The number of aromatic nitrogens is 1. The minimum atomic E-state index is -3.39. The number of rotatable bonds is 4. The lowest BCUT2D eigenvalue weighted by atomic mass is 9.80. The van der Waals surface area contributed by atoms with Crippen molar-refractivity contribution in [2.45, 2.75) is 24.5 Å². The first-order valence-electron chi connectivity index (χ1n) is 8.74. The highest BCUT2D eigenvalue weighted by Gasteiger charge is 2.52. The first-order chi connectivity index (χ1) is 12.9. The number of nitrogens with one attached hydrogen (secondary N) is 1. The van der Waals surface area contributed by atoms with Crippen molar-refractivity contribution in [3.8, 4) is 0 Å². The predicted octanol–water partition coefficient (Wildman–Crippen LogP) is 1.20. The summed E-state index contributed by atoms with van der Waals surface area (Å²) >= 11 is 0. The van der Waals surface area contributed by atoms with Gasteiger partial charge in [-0.25, -0.2) is 8.42 Å². The lowest BCUT2D eigenvalue weighted by molar-refractivity contribution is -0.130. The van der Waals surface area contributed by atoms with E-state index in [9.17, 15) is 13.2 Å². The van der Waals surface area contributed by atoms with Gasteiger partial charge in [0.15, 0.2) is 0 Å². The van der Waals surface area contributed by atoms with Crippen molar-refractivity contribution in [1.82, 2.24) is 10.3 Å². The number of amides is 1. The monoisotopic (exact) mass is 387 g/mol. The van der Waals surface area contributed by atoms with Crippen LogP contribution < -0.4 is 9.62 Å². The van der Waals surface area contributed by atoms with Gasteiger partial charge < -0.3 is 10.1 Å². The molecule has 1 spiro atoms. The minimum Gasteiger partial charge on any atom is -0.367 e. The Morgan fingerprint density at radius 2 is 2.15 bits per heavy atom. The van der Waals surface area contributed by atoms with Gasteiger partial charge in [0.1, 0.15) is 6.10 Å². The van der Waals surface area contributed by atoms with E-state index in [1.807, 2.05) is 30.3 Å². The number of carbonyl (C=O) groups is 1. The van der Waals surface area contributed by atoms with E-state index in [0.717, 1.165) is 11.1 Å². The maximum atomic E-state index is 12.6. The van der Waals surface area contributed by atoms with E-state index in [0.29, 0.717) is 31.8 Å². The fraction of sp³-hybridized carbons (Fsp3) is 0.368. The molecule has 8 heteroatoms. The highest BCUT2D eigenvalue weighted by Crippen LogP contribution is 2.48. The highest BCUT2D eigenvalue weighted by atomic mass is 32.2. The molecular formula is C19H21N3O4S. The number of nitrogens with zero attached hydrogens (tertiary/aromatic N) is 2. The number of anilines is 1. The topological polar surface area (TPSA) is 88.6 Å². The molecule has 0 unspecified atom stereocenters. The van der Waals surface area contributed by atoms with Crippen molar-refractivity contribution in [2.75, 3.05) is 23.7 Å². The van der Waals surface area contributed by atoms with Crippen LogP contribution >= 0.6 is 0 Å². The Hall–Kier alpha value is -2.45. The summed E-state index contributed by atoms with van der Waals surface area (Å²) in [6.45, 7) is 1.00. The molecule has 1 aromatic heterocycles. The average Bonchev–Trinajstić information content (AvgIpc) is 3.24. The van der Waals surface area contributed by atoms with Crippen LogP contribution in [0.4, 0.5) is 5.69 Å². The first-order valence-corrected chi connectivity index (χ1v) is 10.6. The number of para-hydroxylation sites is 1. The van der Waals surface area contributed by atoms with Gasteiger partial charge >= 0.3 is 0 Å². The summed E-state index contributed by atoms with van der Waals surface area (Å²) in [6.07, 6.45) is 4.44. The molecule has 1 N–H and O–H groups in total. The maximum Gasteiger partial charge on any atom is 0.249 e. The quantitative estimate of drug-likeness (QED) is 0.852. The predicted molar refractivity (Wildman–Crippen MR) is 101 cm³/mol. The molecule has 3 heterocycles. The number of ether oxygens (including phenoxy) is 1. The standard InChI is InChI=1S/C19H21N3O4S/c1-27(24,25)22-12-19(15-6-2-3-7-16(15)22)9-17(26-13-19)18(23)21-11-14-5-4-8-20-10-14/h2-8,10,17H,9,11-13H2,1H3,(H,21,23)/t17-,19-/m0/s1. The second-order valence-electron chi connectivity index (χ2n) is 7.15. The number of hydrogen-bond acceptors (Lipinski definition) is 5. The molecule has 27 heavy (non-hydrogen) atoms. The van der Waals surface area contributed by atoms with Crippen molar-refractivity contribution in [2.24, 2.45) is 0 Å². The van der Waals surface area contributed by atoms with E-state index in [4.69, 9.17) is 4.74 Å². The summed E-state index contributed by atoms with van der Waals surface area (Å²) in [7, 11) is -3.39. The fourth-order valence-corrected chi connectivity index (χ4v) is 4.88. The molecule has 0 bridgehead atoms. The number of fused-ring (bicyclic) bond motifs is 2. The number of carbonyl (C=O) groups excluding carboxylic acids is 1. The van der Waals surface area contributed by atoms with Gasteiger partial charge in [0.25, 0.3) is 0 Å². The van der Waals surface area contributed by atoms with E-state index in [1.54, 1.807) is 18.5 Å². The van der Waals surface area contributed by atoms with E-state index in [1.165, 1.54) is 10.6 Å². The van der Waals surface area contributed by atoms with Gasteiger partial charge in [0.2, 0.25) is 15.9 Å². The average molecular weight is 387 g/mol. The number of benzene rings is 1.